The van der Waals surface area contributed by atoms with E-state index in [-0.39, 0.29) is 57.5 Å². The second-order valence-corrected chi connectivity index (χ2v) is 9.67. The molecule has 1 atom stereocenters. The molecule has 0 radical (unpaired) electrons. The minimum Gasteiger partial charge on any atom is -0.478 e. The molecule has 228 valence electrons. The van der Waals surface area contributed by atoms with Gasteiger partial charge in [-0.05, 0) is 35.4 Å². The molecule has 0 spiro atoms. The summed E-state index contributed by atoms with van der Waals surface area (Å²) in [6.45, 7) is -0.159. The Morgan fingerprint density at radius 2 is 1.69 bits per heavy atom. The van der Waals surface area contributed by atoms with Gasteiger partial charge in [0.1, 0.15) is 34.6 Å². The van der Waals surface area contributed by atoms with E-state index in [1.807, 2.05) is 0 Å². The number of rotatable bonds is 10. The van der Waals surface area contributed by atoms with Crippen molar-refractivity contribution >= 4 is 52.1 Å². The smallest absolute Gasteiger partial charge is 0.335 e. The summed E-state index contributed by atoms with van der Waals surface area (Å²) < 4.78 is 15.5. The van der Waals surface area contributed by atoms with Crippen molar-refractivity contribution in [1.29, 1.82) is 0 Å². The second-order valence-electron chi connectivity index (χ2n) is 9.67. The number of hydrogen-bond acceptors (Lipinski definition) is 11. The summed E-state index contributed by atoms with van der Waals surface area (Å²) in [5, 5.41) is 20.6. The average molecular weight is 616 g/mol. The monoisotopic (exact) mass is 615 g/mol. The van der Waals surface area contributed by atoms with Gasteiger partial charge in [-0.1, -0.05) is 18.2 Å². The number of primary amides is 1. The topological polar surface area (TPSA) is 267 Å². The van der Waals surface area contributed by atoms with Crippen LogP contribution in [0.4, 0.5) is 27.1 Å². The summed E-state index contributed by atoms with van der Waals surface area (Å²) in [4.78, 5) is 77.1. The minimum absolute atomic E-state index is 0.0289. The molecule has 0 bridgehead atoms. The first-order valence-electron chi connectivity index (χ1n) is 12.9. The number of fused-ring (bicyclic) bond motifs is 1. The molecular formula is C28H22FN9O7. The van der Waals surface area contributed by atoms with Gasteiger partial charge in [0.25, 0.3) is 22.7 Å². The number of carboxylic acids is 1. The number of carboxylic acid groups (broad SMARTS) is 1. The maximum absolute atomic E-state index is 14.4. The van der Waals surface area contributed by atoms with Gasteiger partial charge in [-0.3, -0.25) is 24.0 Å². The number of nitrogen functional groups attached to an aromatic ring is 2. The molecule has 10 N–H and O–H groups in total. The Morgan fingerprint density at radius 3 is 2.33 bits per heavy atom. The number of halogens is 1. The van der Waals surface area contributed by atoms with E-state index in [4.69, 9.17) is 22.3 Å². The third-order valence-electron chi connectivity index (χ3n) is 6.71. The van der Waals surface area contributed by atoms with Gasteiger partial charge in [-0.15, -0.1) is 0 Å². The van der Waals surface area contributed by atoms with E-state index in [0.717, 1.165) is 16.6 Å². The van der Waals surface area contributed by atoms with Crippen LogP contribution in [0, 0.1) is 5.82 Å². The number of nitrogens with two attached hydrogens (primary N) is 3. The normalized spacial score (nSPS) is 11.7. The Balaban J connectivity index is 1.37. The summed E-state index contributed by atoms with van der Waals surface area (Å²) in [5.41, 5.74) is 14.4. The van der Waals surface area contributed by atoms with Crippen LogP contribution < -0.4 is 44.0 Å². The Kier molecular flexibility index (Phi) is 7.66. The number of anilines is 4. The number of nitrogens with zero attached hydrogens (tertiary/aromatic N) is 3. The fourth-order valence-corrected chi connectivity index (χ4v) is 4.32. The molecule has 0 aliphatic carbocycles. The number of aromatic carboxylic acids is 1. The largest absolute Gasteiger partial charge is 0.478 e. The number of carbonyl (C=O) groups is 4. The van der Waals surface area contributed by atoms with E-state index < -0.39 is 46.4 Å². The van der Waals surface area contributed by atoms with E-state index in [2.05, 4.69) is 26.0 Å². The van der Waals surface area contributed by atoms with Gasteiger partial charge in [0.15, 0.2) is 5.65 Å². The minimum atomic E-state index is -1.38. The van der Waals surface area contributed by atoms with Gasteiger partial charge in [0.05, 0.1) is 23.1 Å². The Labute approximate surface area is 250 Å². The highest BCUT2D eigenvalue weighted by Gasteiger charge is 2.25. The highest BCUT2D eigenvalue weighted by Crippen LogP contribution is 2.23. The molecule has 5 rings (SSSR count). The van der Waals surface area contributed by atoms with Gasteiger partial charge in [0, 0.05) is 12.6 Å². The SMILES string of the molecule is NC(=O)[C@H](NC(=O)c1cc(C(=O)NCc2ccc(F)c(Nc3c(N)c(=O)c3=O)c2)n2ncc(N)c2n1)c1ccc(C(=O)O)cc1. The highest BCUT2D eigenvalue weighted by molar-refractivity contribution is 6.00. The number of carbonyl (C=O) groups excluding carboxylic acids is 3. The van der Waals surface area contributed by atoms with Crippen molar-refractivity contribution in [2.45, 2.75) is 12.6 Å². The molecule has 0 aliphatic heterocycles. The van der Waals surface area contributed by atoms with Crippen LogP contribution in [-0.2, 0) is 11.3 Å². The molecule has 3 amide bonds. The molecule has 0 aliphatic rings. The molecule has 0 saturated heterocycles. The van der Waals surface area contributed by atoms with Crippen molar-refractivity contribution in [1.82, 2.24) is 25.2 Å². The lowest BCUT2D eigenvalue weighted by Crippen LogP contribution is -2.38. The standard InChI is InChI=1S/C28H22FN9O7/c29-14-6-1-11(7-16(14)35-21-19(31)22(39)23(21)40)9-33-27(43)18-8-17(36-25-15(30)10-34-38(18)25)26(42)37-20(24(32)41)12-2-4-13(5-3-12)28(44)45/h1-8,10,20,35H,9,30-31H2,(H2,32,41)(H,33,43)(H,37,42)(H,44,45)/t20-/m1/s1. The van der Waals surface area contributed by atoms with Crippen molar-refractivity contribution in [3.63, 3.8) is 0 Å². The maximum atomic E-state index is 14.4. The Hall–Kier alpha value is -6.65. The van der Waals surface area contributed by atoms with Crippen LogP contribution >= 0.6 is 0 Å². The maximum Gasteiger partial charge on any atom is 0.335 e. The van der Waals surface area contributed by atoms with Crippen molar-refractivity contribution in [2.24, 2.45) is 5.73 Å². The van der Waals surface area contributed by atoms with Crippen molar-refractivity contribution < 1.29 is 28.7 Å². The average Bonchev–Trinajstić information content (AvgIpc) is 3.41. The first-order valence-corrected chi connectivity index (χ1v) is 12.9. The Morgan fingerprint density at radius 1 is 0.978 bits per heavy atom. The van der Waals surface area contributed by atoms with Gasteiger partial charge >= 0.3 is 5.97 Å². The van der Waals surface area contributed by atoms with Gasteiger partial charge < -0.3 is 38.3 Å². The van der Waals surface area contributed by atoms with E-state index in [9.17, 15) is 33.2 Å². The number of benzene rings is 2. The molecule has 0 unspecified atom stereocenters. The van der Waals surface area contributed by atoms with E-state index in [0.29, 0.717) is 5.56 Å². The lowest BCUT2D eigenvalue weighted by Gasteiger charge is -2.16. The highest BCUT2D eigenvalue weighted by atomic mass is 19.1. The molecule has 3 aromatic carbocycles. The summed E-state index contributed by atoms with van der Waals surface area (Å²) in [6.07, 6.45) is 1.21. The van der Waals surface area contributed by atoms with Crippen LogP contribution in [0.2, 0.25) is 0 Å². The van der Waals surface area contributed by atoms with Crippen LogP contribution in [0.5, 0.6) is 0 Å². The summed E-state index contributed by atoms with van der Waals surface area (Å²) >= 11 is 0. The van der Waals surface area contributed by atoms with E-state index in [1.54, 1.807) is 0 Å². The lowest BCUT2D eigenvalue weighted by molar-refractivity contribution is -0.120. The van der Waals surface area contributed by atoms with Crippen LogP contribution in [0.3, 0.4) is 0 Å². The number of amides is 3. The fourth-order valence-electron chi connectivity index (χ4n) is 4.32. The predicted molar refractivity (Wildman–Crippen MR) is 157 cm³/mol. The molecular weight excluding hydrogens is 593 g/mol. The van der Waals surface area contributed by atoms with Crippen molar-refractivity contribution in [2.75, 3.05) is 16.8 Å². The summed E-state index contributed by atoms with van der Waals surface area (Å²) in [6, 6.07) is 8.57. The van der Waals surface area contributed by atoms with E-state index >= 15 is 0 Å². The zero-order valence-electron chi connectivity index (χ0n) is 22.8. The molecule has 17 heteroatoms. The fraction of sp³-hybridized carbons (Fsp3) is 0.0714. The number of nitrogens with one attached hydrogen (secondary N) is 3. The predicted octanol–water partition coefficient (Wildman–Crippen LogP) is -0.0430. The van der Waals surface area contributed by atoms with Crippen LogP contribution in [0.1, 0.15) is 48.5 Å². The second kappa shape index (κ2) is 11.6. The first kappa shape index (κ1) is 29.8. The lowest BCUT2D eigenvalue weighted by atomic mass is 10.0. The van der Waals surface area contributed by atoms with Crippen molar-refractivity contribution in [3.8, 4) is 0 Å². The number of hydrogen-bond donors (Lipinski definition) is 7. The zero-order chi connectivity index (χ0) is 32.6. The van der Waals surface area contributed by atoms with Gasteiger partial charge in [-0.25, -0.2) is 18.7 Å². The van der Waals surface area contributed by atoms with Gasteiger partial charge in [0.2, 0.25) is 5.91 Å². The summed E-state index contributed by atoms with van der Waals surface area (Å²) in [5.74, 6) is -4.55. The van der Waals surface area contributed by atoms with Gasteiger partial charge in [-0.2, -0.15) is 5.10 Å². The van der Waals surface area contributed by atoms with E-state index in [1.165, 1.54) is 42.6 Å². The van der Waals surface area contributed by atoms with Crippen molar-refractivity contribution in [3.05, 3.63) is 109 Å². The van der Waals surface area contributed by atoms with Crippen LogP contribution in [-0.4, -0.2) is 43.4 Å². The molecule has 0 saturated carbocycles. The first-order chi connectivity index (χ1) is 21.3. The molecule has 16 nitrogen and oxygen atoms in total. The van der Waals surface area contributed by atoms with Crippen LogP contribution in [0.15, 0.2) is 64.3 Å². The third kappa shape index (κ3) is 5.72. The zero-order valence-corrected chi connectivity index (χ0v) is 22.8. The third-order valence-corrected chi connectivity index (χ3v) is 6.71. The quantitative estimate of drug-likeness (QED) is 0.102. The number of aromatic nitrogens is 3. The molecule has 0 fully saturated rings. The summed E-state index contributed by atoms with van der Waals surface area (Å²) in [7, 11) is 0. The van der Waals surface area contributed by atoms with Crippen LogP contribution in [0.25, 0.3) is 5.65 Å². The molecule has 2 aromatic heterocycles. The molecule has 5 aromatic rings. The molecule has 2 heterocycles. The Bertz CT molecular complexity index is 2100. The molecule has 45 heavy (non-hydrogen) atoms.